The lowest BCUT2D eigenvalue weighted by Crippen LogP contribution is -2.33. The smallest absolute Gasteiger partial charge is 0.338 e. The summed E-state index contributed by atoms with van der Waals surface area (Å²) in [6.45, 7) is 3.38. The molecule has 0 aromatic heterocycles. The number of carbonyl (C=O) groups excluding carboxylic acids is 4. The Bertz CT molecular complexity index is 1540. The van der Waals surface area contributed by atoms with E-state index in [9.17, 15) is 19.2 Å². The van der Waals surface area contributed by atoms with Crippen molar-refractivity contribution in [3.05, 3.63) is 93.5 Å². The predicted molar refractivity (Wildman–Crippen MR) is 154 cm³/mol. The second-order valence-corrected chi connectivity index (χ2v) is 11.8. The molecule has 1 aliphatic heterocycles. The van der Waals surface area contributed by atoms with Crippen LogP contribution in [0.3, 0.4) is 0 Å². The number of hydrogen-bond acceptors (Lipinski definition) is 5. The number of nitrogens with one attached hydrogen (secondary N) is 1. The van der Waals surface area contributed by atoms with E-state index in [1.165, 1.54) is 16.5 Å². The van der Waals surface area contributed by atoms with Crippen molar-refractivity contribution in [1.29, 1.82) is 0 Å². The summed E-state index contributed by atoms with van der Waals surface area (Å²) in [5, 5.41) is 2.77. The van der Waals surface area contributed by atoms with Crippen LogP contribution >= 0.6 is 15.9 Å². The van der Waals surface area contributed by atoms with Gasteiger partial charge in [-0.3, -0.25) is 19.3 Å². The first-order valence-electron chi connectivity index (χ1n) is 13.5. The van der Waals surface area contributed by atoms with Gasteiger partial charge in [-0.15, -0.1) is 0 Å². The highest BCUT2D eigenvalue weighted by atomic mass is 79.9. The van der Waals surface area contributed by atoms with E-state index in [0.717, 1.165) is 28.4 Å². The minimum atomic E-state index is -0.704. The predicted octanol–water partition coefficient (Wildman–Crippen LogP) is 5.79. The molecule has 3 amide bonds. The van der Waals surface area contributed by atoms with Gasteiger partial charge in [-0.2, -0.15) is 0 Å². The van der Waals surface area contributed by atoms with Gasteiger partial charge in [0.25, 0.3) is 5.91 Å². The Balaban J connectivity index is 1.13. The van der Waals surface area contributed by atoms with Crippen LogP contribution in [0.25, 0.3) is 0 Å². The Kier molecular flexibility index (Phi) is 6.82. The zero-order valence-corrected chi connectivity index (χ0v) is 23.8. The van der Waals surface area contributed by atoms with Crippen molar-refractivity contribution < 1.29 is 23.9 Å². The summed E-state index contributed by atoms with van der Waals surface area (Å²) in [5.41, 5.74) is 4.32. The molecule has 0 spiro atoms. The van der Waals surface area contributed by atoms with Gasteiger partial charge in [-0.1, -0.05) is 52.3 Å². The standard InChI is InChI=1S/C32H29BrN2O5/c1-17-18(2)26(12-11-25(17)33)34-27(36)16-40-32(39)20-9-6-10-22(13-20)35-30(37)28-21-14-23(19-7-4-3-5-8-19)24(15-21)29(28)31(35)38/h3-13,21,23-24,28-29H,14-16H2,1-2H3,(H,34,36)/t21-,23-,24+,28+,29-/m0/s1. The van der Waals surface area contributed by atoms with Crippen LogP contribution in [0.5, 0.6) is 0 Å². The minimum Gasteiger partial charge on any atom is -0.452 e. The van der Waals surface area contributed by atoms with Crippen LogP contribution in [-0.2, 0) is 19.1 Å². The fourth-order valence-corrected chi connectivity index (χ4v) is 7.32. The quantitative estimate of drug-likeness (QED) is 0.285. The highest BCUT2D eigenvalue weighted by Gasteiger charge is 2.64. The maximum Gasteiger partial charge on any atom is 0.338 e. The van der Waals surface area contributed by atoms with Crippen molar-refractivity contribution in [2.24, 2.45) is 23.7 Å². The summed E-state index contributed by atoms with van der Waals surface area (Å²) in [4.78, 5) is 53.7. The Labute approximate surface area is 241 Å². The topological polar surface area (TPSA) is 92.8 Å². The van der Waals surface area contributed by atoms with E-state index < -0.39 is 18.5 Å². The summed E-state index contributed by atoms with van der Waals surface area (Å²) >= 11 is 3.47. The second kappa shape index (κ2) is 10.3. The number of hydrogen-bond donors (Lipinski definition) is 1. The van der Waals surface area contributed by atoms with E-state index >= 15 is 0 Å². The molecule has 8 heteroatoms. The first kappa shape index (κ1) is 26.4. The van der Waals surface area contributed by atoms with E-state index in [4.69, 9.17) is 4.74 Å². The average Bonchev–Trinajstić information content (AvgIpc) is 3.63. The third-order valence-electron chi connectivity index (χ3n) is 8.91. The maximum absolute atomic E-state index is 13.6. The molecule has 40 heavy (non-hydrogen) atoms. The normalized spacial score (nSPS) is 24.8. The lowest BCUT2D eigenvalue weighted by atomic mass is 9.73. The Hall–Kier alpha value is -3.78. The SMILES string of the molecule is Cc1c(Br)ccc(NC(=O)COC(=O)c2cccc(N3C(=O)[C@@H]4[C@@H]5C[C@@H]([C@@H]4C3=O)[C@H](c3ccccc3)C5)c2)c1C. The number of esters is 1. The maximum atomic E-state index is 13.6. The van der Waals surface area contributed by atoms with Gasteiger partial charge >= 0.3 is 5.97 Å². The number of benzene rings is 3. The van der Waals surface area contributed by atoms with Crippen molar-refractivity contribution in [1.82, 2.24) is 0 Å². The van der Waals surface area contributed by atoms with Crippen LogP contribution in [0, 0.1) is 37.5 Å². The number of halogens is 1. The molecule has 0 radical (unpaired) electrons. The first-order chi connectivity index (χ1) is 19.2. The molecule has 3 aromatic carbocycles. The Morgan fingerprint density at radius 1 is 0.925 bits per heavy atom. The first-order valence-corrected chi connectivity index (χ1v) is 14.3. The third kappa shape index (κ3) is 4.44. The molecule has 1 heterocycles. The zero-order chi connectivity index (χ0) is 28.1. The van der Waals surface area contributed by atoms with Crippen molar-refractivity contribution in [2.75, 3.05) is 16.8 Å². The lowest BCUT2D eigenvalue weighted by Gasteiger charge is -2.28. The van der Waals surface area contributed by atoms with E-state index in [0.29, 0.717) is 11.4 Å². The number of fused-ring (bicyclic) bond motifs is 5. The number of ether oxygens (including phenoxy) is 1. The van der Waals surface area contributed by atoms with E-state index in [2.05, 4.69) is 33.4 Å². The van der Waals surface area contributed by atoms with Crippen LogP contribution in [-0.4, -0.2) is 30.3 Å². The van der Waals surface area contributed by atoms with Gasteiger partial charge in [-0.25, -0.2) is 4.79 Å². The zero-order valence-electron chi connectivity index (χ0n) is 22.2. The molecule has 2 bridgehead atoms. The molecule has 2 saturated carbocycles. The van der Waals surface area contributed by atoms with Gasteiger partial charge in [-0.05, 0) is 91.5 Å². The van der Waals surface area contributed by atoms with E-state index in [1.54, 1.807) is 24.3 Å². The fraction of sp³-hybridized carbons (Fsp3) is 0.312. The van der Waals surface area contributed by atoms with Crippen LogP contribution < -0.4 is 10.2 Å². The van der Waals surface area contributed by atoms with Gasteiger partial charge in [0.2, 0.25) is 11.8 Å². The van der Waals surface area contributed by atoms with Crippen molar-refractivity contribution in [3.8, 4) is 0 Å². The van der Waals surface area contributed by atoms with Crippen LogP contribution in [0.1, 0.15) is 45.8 Å². The van der Waals surface area contributed by atoms with E-state index in [-0.39, 0.29) is 47.0 Å². The number of amides is 3. The number of nitrogens with zero attached hydrogens (tertiary/aromatic N) is 1. The number of carbonyl (C=O) groups is 4. The molecule has 204 valence electrons. The molecule has 2 aliphatic carbocycles. The molecule has 5 atom stereocenters. The van der Waals surface area contributed by atoms with Crippen LogP contribution in [0.4, 0.5) is 11.4 Å². The summed E-state index contributed by atoms with van der Waals surface area (Å²) in [6, 6.07) is 20.2. The molecule has 1 N–H and O–H groups in total. The summed E-state index contributed by atoms with van der Waals surface area (Å²) in [6.07, 6.45) is 1.81. The van der Waals surface area contributed by atoms with Crippen molar-refractivity contribution >= 4 is 51.0 Å². The van der Waals surface area contributed by atoms with Gasteiger partial charge in [0.15, 0.2) is 6.61 Å². The molecule has 6 rings (SSSR count). The monoisotopic (exact) mass is 600 g/mol. The largest absolute Gasteiger partial charge is 0.452 e. The van der Waals surface area contributed by atoms with Crippen molar-refractivity contribution in [2.45, 2.75) is 32.6 Å². The molecule has 3 aliphatic rings. The number of imide groups is 1. The minimum absolute atomic E-state index is 0.142. The van der Waals surface area contributed by atoms with Crippen LogP contribution in [0.15, 0.2) is 71.2 Å². The Morgan fingerprint density at radius 2 is 1.68 bits per heavy atom. The number of rotatable bonds is 6. The molecule has 0 unspecified atom stereocenters. The van der Waals surface area contributed by atoms with E-state index in [1.807, 2.05) is 38.1 Å². The molecular weight excluding hydrogens is 572 g/mol. The van der Waals surface area contributed by atoms with Gasteiger partial charge in [0, 0.05) is 10.2 Å². The molecule has 3 fully saturated rings. The van der Waals surface area contributed by atoms with Gasteiger partial charge < -0.3 is 10.1 Å². The molecular formula is C32H29BrN2O5. The number of anilines is 2. The summed E-state index contributed by atoms with van der Waals surface area (Å²) < 4.78 is 6.20. The Morgan fingerprint density at radius 3 is 2.45 bits per heavy atom. The summed E-state index contributed by atoms with van der Waals surface area (Å²) in [5.74, 6) is -1.56. The van der Waals surface area contributed by atoms with Crippen LogP contribution in [0.2, 0.25) is 0 Å². The molecule has 1 saturated heterocycles. The van der Waals surface area contributed by atoms with Crippen molar-refractivity contribution in [3.63, 3.8) is 0 Å². The average molecular weight is 601 g/mol. The second-order valence-electron chi connectivity index (χ2n) is 11.0. The fourth-order valence-electron chi connectivity index (χ4n) is 6.89. The highest BCUT2D eigenvalue weighted by Crippen LogP contribution is 2.61. The van der Waals surface area contributed by atoms with Gasteiger partial charge in [0.05, 0.1) is 23.1 Å². The van der Waals surface area contributed by atoms with Gasteiger partial charge in [0.1, 0.15) is 0 Å². The third-order valence-corrected chi connectivity index (χ3v) is 9.77. The highest BCUT2D eigenvalue weighted by molar-refractivity contribution is 9.10. The molecule has 7 nitrogen and oxygen atoms in total. The summed E-state index contributed by atoms with van der Waals surface area (Å²) in [7, 11) is 0. The molecule has 3 aromatic rings. The lowest BCUT2D eigenvalue weighted by molar-refractivity contribution is -0.123.